The van der Waals surface area contributed by atoms with Crippen molar-refractivity contribution in [3.8, 4) is 0 Å². The summed E-state index contributed by atoms with van der Waals surface area (Å²) in [6.07, 6.45) is -0.716. The first kappa shape index (κ1) is 15.2. The molecule has 1 aliphatic heterocycles. The Balaban J connectivity index is 2.28. The van der Waals surface area contributed by atoms with Crippen molar-refractivity contribution < 1.29 is 9.53 Å². The van der Waals surface area contributed by atoms with Crippen LogP contribution in [0.1, 0.15) is 25.0 Å². The average Bonchev–Trinajstić information content (AvgIpc) is 2.90. The topological polar surface area (TPSA) is 59.0 Å². The number of carbonyl (C=O) groups excluding carboxylic acids is 1. The molecule has 1 unspecified atom stereocenters. The van der Waals surface area contributed by atoms with Gasteiger partial charge in [-0.15, -0.1) is 4.91 Å². The van der Waals surface area contributed by atoms with Gasteiger partial charge in [0.15, 0.2) is 5.60 Å². The van der Waals surface area contributed by atoms with E-state index in [1.165, 1.54) is 0 Å². The Bertz CT molecular complexity index is 661. The van der Waals surface area contributed by atoms with Gasteiger partial charge in [0, 0.05) is 11.1 Å². The van der Waals surface area contributed by atoms with Crippen LogP contribution in [0, 0.1) is 10.8 Å². The number of benzene rings is 2. The SMILES string of the molecule is CC(C)C1N(N=O)C(=O)OC1(c1ccccc1)c1ccccc1. The lowest BCUT2D eigenvalue weighted by molar-refractivity contribution is 0.0548. The van der Waals surface area contributed by atoms with E-state index in [9.17, 15) is 9.70 Å². The smallest absolute Gasteiger partial charge is 0.429 e. The quantitative estimate of drug-likeness (QED) is 0.799. The number of hydrogen-bond donors (Lipinski definition) is 0. The van der Waals surface area contributed by atoms with Crippen LogP contribution in [-0.4, -0.2) is 17.1 Å². The molecule has 118 valence electrons. The van der Waals surface area contributed by atoms with E-state index in [4.69, 9.17) is 4.74 Å². The van der Waals surface area contributed by atoms with Crippen molar-refractivity contribution >= 4 is 6.09 Å². The minimum absolute atomic E-state index is 0.0282. The third kappa shape index (κ3) is 2.29. The van der Waals surface area contributed by atoms with Gasteiger partial charge in [0.05, 0.1) is 5.29 Å². The minimum Gasteiger partial charge on any atom is -0.429 e. The van der Waals surface area contributed by atoms with Gasteiger partial charge >= 0.3 is 6.09 Å². The van der Waals surface area contributed by atoms with Crippen LogP contribution in [0.2, 0.25) is 0 Å². The summed E-state index contributed by atoms with van der Waals surface area (Å²) in [4.78, 5) is 23.6. The van der Waals surface area contributed by atoms with Gasteiger partial charge in [-0.05, 0) is 5.92 Å². The maximum Gasteiger partial charge on any atom is 0.434 e. The maximum atomic E-state index is 12.3. The highest BCUT2D eigenvalue weighted by Crippen LogP contribution is 2.47. The second-order valence-corrected chi connectivity index (χ2v) is 5.95. The molecule has 23 heavy (non-hydrogen) atoms. The van der Waals surface area contributed by atoms with Gasteiger partial charge in [0.25, 0.3) is 0 Å². The number of rotatable bonds is 4. The summed E-state index contributed by atoms with van der Waals surface area (Å²) in [5.74, 6) is -0.0282. The molecular formula is C18H18N2O3. The number of nitrogens with zero attached hydrogens (tertiary/aromatic N) is 2. The van der Waals surface area contributed by atoms with Crippen LogP contribution in [0.5, 0.6) is 0 Å². The molecule has 5 nitrogen and oxygen atoms in total. The minimum atomic E-state index is -1.05. The zero-order chi connectivity index (χ0) is 16.4. The summed E-state index contributed by atoms with van der Waals surface area (Å²) in [5.41, 5.74) is 0.593. The lowest BCUT2D eigenvalue weighted by Gasteiger charge is -2.36. The molecule has 2 aromatic rings. The van der Waals surface area contributed by atoms with Crippen molar-refractivity contribution in [2.45, 2.75) is 25.5 Å². The van der Waals surface area contributed by atoms with E-state index in [2.05, 4.69) is 5.29 Å². The summed E-state index contributed by atoms with van der Waals surface area (Å²) >= 11 is 0. The number of nitroso groups, excluding NO2 is 1. The van der Waals surface area contributed by atoms with Crippen LogP contribution >= 0.6 is 0 Å². The van der Waals surface area contributed by atoms with E-state index >= 15 is 0 Å². The Morgan fingerprint density at radius 3 is 1.87 bits per heavy atom. The number of cyclic esters (lactones) is 1. The summed E-state index contributed by atoms with van der Waals surface area (Å²) < 4.78 is 5.79. The number of amides is 1. The molecule has 1 amide bonds. The van der Waals surface area contributed by atoms with Crippen molar-refractivity contribution in [1.82, 2.24) is 5.01 Å². The molecule has 2 aromatic carbocycles. The lowest BCUT2D eigenvalue weighted by Crippen LogP contribution is -2.45. The molecule has 1 aliphatic rings. The summed E-state index contributed by atoms with van der Waals surface area (Å²) in [6.45, 7) is 3.90. The molecule has 1 atom stereocenters. The molecule has 0 N–H and O–H groups in total. The monoisotopic (exact) mass is 310 g/mol. The second kappa shape index (κ2) is 5.83. The summed E-state index contributed by atoms with van der Waals surface area (Å²) in [6, 6.07) is 18.5. The third-order valence-electron chi connectivity index (χ3n) is 4.24. The normalized spacial score (nSPS) is 19.7. The van der Waals surface area contributed by atoms with Crippen LogP contribution < -0.4 is 0 Å². The van der Waals surface area contributed by atoms with E-state index in [0.717, 1.165) is 16.1 Å². The van der Waals surface area contributed by atoms with Gasteiger partial charge in [-0.1, -0.05) is 74.5 Å². The van der Waals surface area contributed by atoms with E-state index in [-0.39, 0.29) is 5.92 Å². The molecule has 0 saturated carbocycles. The van der Waals surface area contributed by atoms with Gasteiger partial charge in [-0.2, -0.15) is 5.01 Å². The molecule has 0 radical (unpaired) electrons. The number of ether oxygens (including phenoxy) is 1. The molecule has 0 aromatic heterocycles. The van der Waals surface area contributed by atoms with E-state index in [1.807, 2.05) is 74.5 Å². The standard InChI is InChI=1S/C18H18N2O3/c1-13(2)16-18(14-9-5-3-6-10-14,15-11-7-4-8-12-15)23-17(21)20(16)19-22/h3-13,16H,1-2H3. The van der Waals surface area contributed by atoms with Crippen LogP contribution in [0.15, 0.2) is 65.9 Å². The fourth-order valence-electron chi connectivity index (χ4n) is 3.36. The van der Waals surface area contributed by atoms with Crippen LogP contribution in [0.3, 0.4) is 0 Å². The van der Waals surface area contributed by atoms with Gasteiger partial charge in [-0.3, -0.25) is 0 Å². The molecule has 1 saturated heterocycles. The second-order valence-electron chi connectivity index (χ2n) is 5.95. The van der Waals surface area contributed by atoms with Crippen molar-refractivity contribution in [2.24, 2.45) is 11.2 Å². The zero-order valence-electron chi connectivity index (χ0n) is 13.0. The van der Waals surface area contributed by atoms with Crippen LogP contribution in [0.4, 0.5) is 4.79 Å². The van der Waals surface area contributed by atoms with Crippen molar-refractivity contribution in [1.29, 1.82) is 0 Å². The maximum absolute atomic E-state index is 12.3. The predicted molar refractivity (Wildman–Crippen MR) is 86.4 cm³/mol. The third-order valence-corrected chi connectivity index (χ3v) is 4.24. The Hall–Kier alpha value is -2.69. The summed E-state index contributed by atoms with van der Waals surface area (Å²) in [7, 11) is 0. The molecule has 5 heteroatoms. The first-order valence-corrected chi connectivity index (χ1v) is 7.57. The van der Waals surface area contributed by atoms with E-state index in [0.29, 0.717) is 0 Å². The Morgan fingerprint density at radius 1 is 1.00 bits per heavy atom. The molecule has 1 fully saturated rings. The highest BCUT2D eigenvalue weighted by atomic mass is 16.6. The Labute approximate surface area is 134 Å². The Kier molecular flexibility index (Phi) is 3.86. The Morgan fingerprint density at radius 2 is 1.48 bits per heavy atom. The van der Waals surface area contributed by atoms with Crippen LogP contribution in [0.25, 0.3) is 0 Å². The molecule has 0 aliphatic carbocycles. The predicted octanol–water partition coefficient (Wildman–Crippen LogP) is 4.09. The van der Waals surface area contributed by atoms with Crippen molar-refractivity contribution in [3.63, 3.8) is 0 Å². The number of carbonyl (C=O) groups is 1. The molecule has 0 spiro atoms. The number of hydrogen-bond acceptors (Lipinski definition) is 4. The van der Waals surface area contributed by atoms with Gasteiger partial charge in [-0.25, -0.2) is 4.79 Å². The average molecular weight is 310 g/mol. The first-order chi connectivity index (χ1) is 11.1. The lowest BCUT2D eigenvalue weighted by atomic mass is 9.76. The van der Waals surface area contributed by atoms with Crippen molar-refractivity contribution in [2.75, 3.05) is 0 Å². The highest BCUT2D eigenvalue weighted by Gasteiger charge is 2.58. The summed E-state index contributed by atoms with van der Waals surface area (Å²) in [5, 5.41) is 3.85. The first-order valence-electron chi connectivity index (χ1n) is 7.57. The van der Waals surface area contributed by atoms with Crippen molar-refractivity contribution in [3.05, 3.63) is 76.7 Å². The van der Waals surface area contributed by atoms with Gasteiger partial charge in [0.1, 0.15) is 6.04 Å². The van der Waals surface area contributed by atoms with Crippen LogP contribution in [-0.2, 0) is 10.3 Å². The van der Waals surface area contributed by atoms with Gasteiger partial charge in [0.2, 0.25) is 0 Å². The molecule has 0 bridgehead atoms. The molecule has 3 rings (SSSR count). The molecule has 1 heterocycles. The van der Waals surface area contributed by atoms with E-state index < -0.39 is 17.7 Å². The fraction of sp³-hybridized carbons (Fsp3) is 0.278. The largest absolute Gasteiger partial charge is 0.434 e. The molecular weight excluding hydrogens is 292 g/mol. The van der Waals surface area contributed by atoms with E-state index in [1.54, 1.807) is 0 Å². The highest BCUT2D eigenvalue weighted by molar-refractivity contribution is 5.73. The fourth-order valence-corrected chi connectivity index (χ4v) is 3.36. The van der Waals surface area contributed by atoms with Gasteiger partial charge < -0.3 is 4.74 Å². The zero-order valence-corrected chi connectivity index (χ0v) is 13.0.